The Bertz CT molecular complexity index is 631. The molecule has 3 fully saturated rings. The summed E-state index contributed by atoms with van der Waals surface area (Å²) in [7, 11) is 1.81. The Labute approximate surface area is 148 Å². The monoisotopic (exact) mass is 345 g/mol. The number of aromatic nitrogens is 1. The van der Waals surface area contributed by atoms with Gasteiger partial charge in [-0.25, -0.2) is 0 Å². The van der Waals surface area contributed by atoms with E-state index < -0.39 is 5.91 Å². The molecule has 1 aromatic rings. The second-order valence-electron chi connectivity index (χ2n) is 7.59. The Kier molecular flexibility index (Phi) is 4.52. The molecular weight excluding hydrogens is 318 g/mol. The van der Waals surface area contributed by atoms with E-state index in [1.165, 1.54) is 6.42 Å². The van der Waals surface area contributed by atoms with Gasteiger partial charge in [-0.1, -0.05) is 6.42 Å². The molecule has 3 heterocycles. The van der Waals surface area contributed by atoms with Crippen LogP contribution < -0.4 is 5.73 Å². The predicted molar refractivity (Wildman–Crippen MR) is 93.1 cm³/mol. The number of pyridine rings is 1. The molecule has 0 radical (unpaired) electrons. The molecule has 1 amide bonds. The van der Waals surface area contributed by atoms with Gasteiger partial charge in [-0.05, 0) is 37.0 Å². The summed E-state index contributed by atoms with van der Waals surface area (Å²) < 4.78 is 11.8. The zero-order valence-electron chi connectivity index (χ0n) is 14.8. The first-order valence-electron chi connectivity index (χ1n) is 9.28. The van der Waals surface area contributed by atoms with E-state index in [-0.39, 0.29) is 5.60 Å². The van der Waals surface area contributed by atoms with Gasteiger partial charge in [0.25, 0.3) is 5.91 Å². The normalized spacial score (nSPS) is 35.6. The number of rotatable bonds is 4. The molecule has 0 aromatic carbocycles. The molecule has 2 N–H and O–H groups in total. The molecule has 6 heteroatoms. The first-order valence-corrected chi connectivity index (χ1v) is 9.28. The highest BCUT2D eigenvalue weighted by Gasteiger charge is 2.54. The number of nitrogens with zero attached hydrogens (tertiary/aromatic N) is 2. The first kappa shape index (κ1) is 16.9. The van der Waals surface area contributed by atoms with Gasteiger partial charge < -0.3 is 15.2 Å². The minimum absolute atomic E-state index is 0.318. The van der Waals surface area contributed by atoms with Crippen LogP contribution in [-0.2, 0) is 15.1 Å². The Morgan fingerprint density at radius 2 is 2.12 bits per heavy atom. The van der Waals surface area contributed by atoms with Crippen LogP contribution in [0.2, 0.25) is 0 Å². The maximum atomic E-state index is 11.6. The molecular formula is C19H27N3O3. The van der Waals surface area contributed by atoms with E-state index in [1.54, 1.807) is 6.20 Å². The molecule has 25 heavy (non-hydrogen) atoms. The second-order valence-corrected chi connectivity index (χ2v) is 7.59. The maximum absolute atomic E-state index is 11.6. The quantitative estimate of drug-likeness (QED) is 0.896. The molecule has 1 unspecified atom stereocenters. The number of hydrogen-bond donors (Lipinski definition) is 1. The molecule has 2 bridgehead atoms. The van der Waals surface area contributed by atoms with Crippen LogP contribution in [0.3, 0.4) is 0 Å². The third-order valence-electron chi connectivity index (χ3n) is 6.45. The molecule has 4 atom stereocenters. The van der Waals surface area contributed by atoms with E-state index in [0.717, 1.165) is 51.1 Å². The minimum Gasteiger partial charge on any atom is -0.380 e. The topological polar surface area (TPSA) is 77.7 Å². The van der Waals surface area contributed by atoms with E-state index >= 15 is 0 Å². The van der Waals surface area contributed by atoms with Crippen molar-refractivity contribution in [2.75, 3.05) is 33.4 Å². The number of fused-ring (bicyclic) bond motifs is 2. The van der Waals surface area contributed by atoms with Crippen LogP contribution >= 0.6 is 0 Å². The van der Waals surface area contributed by atoms with Crippen molar-refractivity contribution in [1.82, 2.24) is 9.88 Å². The van der Waals surface area contributed by atoms with Crippen molar-refractivity contribution in [3.05, 3.63) is 29.6 Å². The number of piperidine rings is 1. The maximum Gasteiger partial charge on any atom is 0.267 e. The van der Waals surface area contributed by atoms with Gasteiger partial charge in [0.1, 0.15) is 11.3 Å². The van der Waals surface area contributed by atoms with Crippen molar-refractivity contribution < 1.29 is 14.3 Å². The molecule has 1 aliphatic carbocycles. The van der Waals surface area contributed by atoms with Crippen LogP contribution in [0.5, 0.6) is 0 Å². The number of primary amides is 1. The predicted octanol–water partition coefficient (Wildman–Crippen LogP) is 1.54. The molecule has 2 saturated heterocycles. The van der Waals surface area contributed by atoms with Gasteiger partial charge in [0.05, 0.1) is 6.61 Å². The standard InChI is InChI=1S/C19H27N3O3/c1-24-19(13-5-7-21-17(9-13)18(20)23)14-3-2-4-15(19)11-22(10-14)16-6-8-25-12-16/h5,7,9,14-16H,2-4,6,8,10-12H2,1H3,(H2,20,23)/t14-,15+,16-,19?/m0/s1. The summed E-state index contributed by atoms with van der Waals surface area (Å²) >= 11 is 0. The summed E-state index contributed by atoms with van der Waals surface area (Å²) in [5, 5.41) is 0. The SMILES string of the molecule is COC1(c2ccnc(C(N)=O)c2)[C@@H]2CCC[C@H]1CN([C@H]1CCOC1)C2. The third-order valence-corrected chi connectivity index (χ3v) is 6.45. The highest BCUT2D eigenvalue weighted by atomic mass is 16.5. The van der Waals surface area contributed by atoms with Crippen molar-refractivity contribution in [1.29, 1.82) is 0 Å². The number of ether oxygens (including phenoxy) is 2. The molecule has 1 aromatic heterocycles. The second kappa shape index (κ2) is 6.67. The van der Waals surface area contributed by atoms with Gasteiger partial charge in [0, 0.05) is 50.9 Å². The summed E-state index contributed by atoms with van der Waals surface area (Å²) in [5.74, 6) is 0.334. The highest BCUT2D eigenvalue weighted by molar-refractivity contribution is 5.90. The Balaban J connectivity index is 1.69. The van der Waals surface area contributed by atoms with Gasteiger partial charge in [0.15, 0.2) is 0 Å². The van der Waals surface area contributed by atoms with Gasteiger partial charge in [-0.2, -0.15) is 0 Å². The molecule has 2 aliphatic heterocycles. The van der Waals surface area contributed by atoms with E-state index in [1.807, 2.05) is 19.2 Å². The van der Waals surface area contributed by atoms with Crippen molar-refractivity contribution in [2.24, 2.45) is 17.6 Å². The molecule has 4 rings (SSSR count). The fourth-order valence-corrected chi connectivity index (χ4v) is 5.31. The van der Waals surface area contributed by atoms with Gasteiger partial charge in [-0.3, -0.25) is 14.7 Å². The number of carbonyl (C=O) groups excluding carboxylic acids is 1. The highest BCUT2D eigenvalue weighted by Crippen LogP contribution is 2.52. The lowest BCUT2D eigenvalue weighted by Gasteiger charge is -2.56. The summed E-state index contributed by atoms with van der Waals surface area (Å²) in [5.41, 5.74) is 6.48. The molecule has 136 valence electrons. The van der Waals surface area contributed by atoms with Crippen molar-refractivity contribution in [3.8, 4) is 0 Å². The summed E-state index contributed by atoms with van der Waals surface area (Å²) in [6, 6.07) is 4.37. The van der Waals surface area contributed by atoms with Crippen LogP contribution in [-0.4, -0.2) is 55.2 Å². The Hall–Kier alpha value is -1.50. The number of methoxy groups -OCH3 is 1. The summed E-state index contributed by atoms with van der Waals surface area (Å²) in [6.07, 6.45) is 6.33. The van der Waals surface area contributed by atoms with Crippen LogP contribution in [0.25, 0.3) is 0 Å². The molecule has 0 spiro atoms. The average Bonchev–Trinajstić information content (AvgIpc) is 3.15. The van der Waals surface area contributed by atoms with Gasteiger partial charge in [-0.15, -0.1) is 0 Å². The zero-order valence-corrected chi connectivity index (χ0v) is 14.8. The summed E-state index contributed by atoms with van der Waals surface area (Å²) in [4.78, 5) is 18.3. The fraction of sp³-hybridized carbons (Fsp3) is 0.684. The number of amides is 1. The number of nitrogens with two attached hydrogens (primary N) is 1. The third kappa shape index (κ3) is 2.76. The molecule has 1 saturated carbocycles. The minimum atomic E-state index is -0.487. The van der Waals surface area contributed by atoms with Crippen LogP contribution in [0.1, 0.15) is 41.7 Å². The lowest BCUT2D eigenvalue weighted by molar-refractivity contribution is -0.174. The van der Waals surface area contributed by atoms with Crippen LogP contribution in [0.4, 0.5) is 0 Å². The lowest BCUT2D eigenvalue weighted by atomic mass is 9.62. The number of hydrogen-bond acceptors (Lipinski definition) is 5. The van der Waals surface area contributed by atoms with Crippen molar-refractivity contribution in [3.63, 3.8) is 0 Å². The van der Waals surface area contributed by atoms with Gasteiger partial charge in [0.2, 0.25) is 0 Å². The average molecular weight is 345 g/mol. The Morgan fingerprint density at radius 3 is 2.72 bits per heavy atom. The van der Waals surface area contributed by atoms with E-state index in [0.29, 0.717) is 23.6 Å². The molecule has 6 nitrogen and oxygen atoms in total. The van der Waals surface area contributed by atoms with E-state index in [9.17, 15) is 4.79 Å². The summed E-state index contributed by atoms with van der Waals surface area (Å²) in [6.45, 7) is 3.76. The molecule has 3 aliphatic rings. The number of likely N-dealkylation sites (tertiary alicyclic amines) is 1. The smallest absolute Gasteiger partial charge is 0.267 e. The van der Waals surface area contributed by atoms with Crippen molar-refractivity contribution >= 4 is 5.91 Å². The van der Waals surface area contributed by atoms with Crippen LogP contribution in [0.15, 0.2) is 18.3 Å². The Morgan fingerprint density at radius 1 is 1.36 bits per heavy atom. The van der Waals surface area contributed by atoms with E-state index in [2.05, 4.69) is 9.88 Å². The van der Waals surface area contributed by atoms with Crippen molar-refractivity contribution in [2.45, 2.75) is 37.3 Å². The van der Waals surface area contributed by atoms with Gasteiger partial charge >= 0.3 is 0 Å². The zero-order chi connectivity index (χ0) is 17.4. The van der Waals surface area contributed by atoms with Crippen LogP contribution in [0, 0.1) is 11.8 Å². The van der Waals surface area contributed by atoms with E-state index in [4.69, 9.17) is 15.2 Å². The fourth-order valence-electron chi connectivity index (χ4n) is 5.31. The first-order chi connectivity index (χ1) is 12.1. The largest absolute Gasteiger partial charge is 0.380 e. The number of carbonyl (C=O) groups is 1. The lowest BCUT2D eigenvalue weighted by Crippen LogP contribution is -2.61.